The quantitative estimate of drug-likeness (QED) is 0.785. The maximum Gasteiger partial charge on any atom is 0.339 e. The second-order valence-electron chi connectivity index (χ2n) is 5.89. The monoisotopic (exact) mass is 262 g/mol. The molecule has 1 aliphatic carbocycles. The fraction of sp³-hybridized carbons (Fsp3) is 0.667. The molecule has 0 amide bonds. The molecule has 2 saturated heterocycles. The highest BCUT2D eigenvalue weighted by Crippen LogP contribution is 2.38. The van der Waals surface area contributed by atoms with Gasteiger partial charge in [0.1, 0.15) is 0 Å². The number of nitrogens with zero attached hydrogens (tertiary/aromatic N) is 1. The third kappa shape index (κ3) is 2.29. The van der Waals surface area contributed by atoms with E-state index in [9.17, 15) is 4.79 Å². The number of carbonyl (C=O) groups is 1. The van der Waals surface area contributed by atoms with Crippen LogP contribution in [0.5, 0.6) is 0 Å². The molecule has 0 aromatic rings. The van der Waals surface area contributed by atoms with Gasteiger partial charge in [-0.3, -0.25) is 4.90 Å². The molecule has 104 valence electrons. The number of fused-ring (bicyclic) bond motifs is 2. The minimum atomic E-state index is -0.317. The Morgan fingerprint density at radius 1 is 1.37 bits per heavy atom. The summed E-state index contributed by atoms with van der Waals surface area (Å²) in [5.41, 5.74) is 6.98. The SMILES string of the molecule is COC(=O)C1=CC(CN2C3CCC2CC3)CC=C1N. The summed E-state index contributed by atoms with van der Waals surface area (Å²) in [6.07, 6.45) is 10.3. The highest BCUT2D eigenvalue weighted by Gasteiger charge is 2.39. The molecule has 4 heteroatoms. The average Bonchev–Trinajstić information content (AvgIpc) is 2.99. The Labute approximate surface area is 114 Å². The lowest BCUT2D eigenvalue weighted by molar-refractivity contribution is -0.135. The molecule has 2 fully saturated rings. The first kappa shape index (κ1) is 12.7. The zero-order chi connectivity index (χ0) is 13.4. The number of carbonyl (C=O) groups excluding carboxylic acids is 1. The molecule has 0 spiro atoms. The molecule has 0 radical (unpaired) electrons. The van der Waals surface area contributed by atoms with Gasteiger partial charge in [0, 0.05) is 24.3 Å². The number of hydrogen-bond donors (Lipinski definition) is 1. The first-order chi connectivity index (χ1) is 9.19. The normalized spacial score (nSPS) is 34.1. The minimum absolute atomic E-state index is 0.317. The third-order valence-electron chi connectivity index (χ3n) is 4.81. The molecule has 0 aromatic carbocycles. The predicted molar refractivity (Wildman–Crippen MR) is 73.2 cm³/mol. The van der Waals surface area contributed by atoms with Crippen LogP contribution in [0.2, 0.25) is 0 Å². The lowest BCUT2D eigenvalue weighted by Crippen LogP contribution is -2.34. The van der Waals surface area contributed by atoms with Crippen molar-refractivity contribution < 1.29 is 9.53 Å². The number of rotatable bonds is 3. The topological polar surface area (TPSA) is 55.6 Å². The Kier molecular flexibility index (Phi) is 3.35. The Hall–Kier alpha value is -1.29. The van der Waals surface area contributed by atoms with E-state index >= 15 is 0 Å². The molecule has 2 bridgehead atoms. The van der Waals surface area contributed by atoms with Crippen LogP contribution in [0.1, 0.15) is 32.1 Å². The summed E-state index contributed by atoms with van der Waals surface area (Å²) in [5.74, 6) is 0.0745. The number of ether oxygens (including phenoxy) is 1. The summed E-state index contributed by atoms with van der Waals surface area (Å²) in [7, 11) is 1.40. The Morgan fingerprint density at radius 3 is 2.58 bits per heavy atom. The molecule has 1 atom stereocenters. The molecule has 2 N–H and O–H groups in total. The number of methoxy groups -OCH3 is 1. The first-order valence-corrected chi connectivity index (χ1v) is 7.21. The van der Waals surface area contributed by atoms with Gasteiger partial charge in [0.25, 0.3) is 0 Å². The van der Waals surface area contributed by atoms with E-state index < -0.39 is 0 Å². The van der Waals surface area contributed by atoms with Crippen molar-refractivity contribution in [2.75, 3.05) is 13.7 Å². The molecule has 3 aliphatic rings. The number of allylic oxidation sites excluding steroid dienone is 1. The van der Waals surface area contributed by atoms with Gasteiger partial charge in [0.2, 0.25) is 0 Å². The van der Waals surface area contributed by atoms with Gasteiger partial charge in [0.05, 0.1) is 12.7 Å². The van der Waals surface area contributed by atoms with Crippen LogP contribution in [-0.4, -0.2) is 36.6 Å². The fourth-order valence-corrected chi connectivity index (χ4v) is 3.80. The Bertz CT molecular complexity index is 421. The molecule has 3 rings (SSSR count). The predicted octanol–water partition coefficient (Wildman–Crippen LogP) is 1.58. The molecule has 4 nitrogen and oxygen atoms in total. The highest BCUT2D eigenvalue weighted by molar-refractivity contribution is 5.93. The highest BCUT2D eigenvalue weighted by atomic mass is 16.5. The van der Waals surface area contributed by atoms with Gasteiger partial charge in [-0.05, 0) is 38.0 Å². The van der Waals surface area contributed by atoms with Crippen molar-refractivity contribution in [3.05, 3.63) is 23.4 Å². The molecule has 19 heavy (non-hydrogen) atoms. The van der Waals surface area contributed by atoms with Crippen molar-refractivity contribution in [3.8, 4) is 0 Å². The zero-order valence-corrected chi connectivity index (χ0v) is 11.5. The summed E-state index contributed by atoms with van der Waals surface area (Å²) in [6.45, 7) is 1.06. The maximum absolute atomic E-state index is 11.7. The minimum Gasteiger partial charge on any atom is -0.465 e. The van der Waals surface area contributed by atoms with Crippen LogP contribution in [-0.2, 0) is 9.53 Å². The lowest BCUT2D eigenvalue weighted by Gasteiger charge is -2.27. The standard InChI is InChI=1S/C15H22N2O2/c1-19-15(18)13-8-10(2-7-14(13)16)9-17-11-3-4-12(17)6-5-11/h7-8,10-12H,2-6,9,16H2,1H3. The Morgan fingerprint density at radius 2 is 2.00 bits per heavy atom. The molecule has 0 saturated carbocycles. The van der Waals surface area contributed by atoms with Gasteiger partial charge in [0.15, 0.2) is 0 Å². The van der Waals surface area contributed by atoms with E-state index in [2.05, 4.69) is 4.90 Å². The van der Waals surface area contributed by atoms with Crippen LogP contribution in [0, 0.1) is 5.92 Å². The lowest BCUT2D eigenvalue weighted by atomic mass is 9.93. The summed E-state index contributed by atoms with van der Waals surface area (Å²) in [4.78, 5) is 14.3. The van der Waals surface area contributed by atoms with Crippen molar-refractivity contribution in [3.63, 3.8) is 0 Å². The van der Waals surface area contributed by atoms with Crippen molar-refractivity contribution >= 4 is 5.97 Å². The summed E-state index contributed by atoms with van der Waals surface area (Å²) in [6, 6.07) is 1.56. The van der Waals surface area contributed by atoms with E-state index in [-0.39, 0.29) is 5.97 Å². The van der Waals surface area contributed by atoms with Crippen molar-refractivity contribution in [2.45, 2.75) is 44.2 Å². The van der Waals surface area contributed by atoms with E-state index in [0.717, 1.165) is 25.0 Å². The fourth-order valence-electron chi connectivity index (χ4n) is 3.80. The van der Waals surface area contributed by atoms with Gasteiger partial charge in [-0.15, -0.1) is 0 Å². The van der Waals surface area contributed by atoms with Crippen LogP contribution < -0.4 is 5.73 Å². The zero-order valence-electron chi connectivity index (χ0n) is 11.5. The van der Waals surface area contributed by atoms with Gasteiger partial charge in [-0.2, -0.15) is 0 Å². The van der Waals surface area contributed by atoms with Crippen LogP contribution in [0.25, 0.3) is 0 Å². The summed E-state index contributed by atoms with van der Waals surface area (Å²) in [5, 5.41) is 0. The number of hydrogen-bond acceptors (Lipinski definition) is 4. The van der Waals surface area contributed by atoms with Crippen LogP contribution in [0.15, 0.2) is 23.4 Å². The van der Waals surface area contributed by atoms with Gasteiger partial charge in [-0.25, -0.2) is 4.79 Å². The molecular formula is C15H22N2O2. The molecule has 1 unspecified atom stereocenters. The van der Waals surface area contributed by atoms with Crippen molar-refractivity contribution in [1.82, 2.24) is 4.90 Å². The third-order valence-corrected chi connectivity index (χ3v) is 4.81. The average molecular weight is 262 g/mol. The number of nitrogens with two attached hydrogens (primary N) is 1. The smallest absolute Gasteiger partial charge is 0.339 e. The van der Waals surface area contributed by atoms with Crippen molar-refractivity contribution in [2.24, 2.45) is 11.7 Å². The largest absolute Gasteiger partial charge is 0.465 e. The van der Waals surface area contributed by atoms with E-state index in [4.69, 9.17) is 10.5 Å². The Balaban J connectivity index is 1.69. The number of esters is 1. The second kappa shape index (κ2) is 5.00. The van der Waals surface area contributed by atoms with E-state index in [1.54, 1.807) is 0 Å². The van der Waals surface area contributed by atoms with E-state index in [1.165, 1.54) is 32.8 Å². The van der Waals surface area contributed by atoms with Gasteiger partial charge in [-0.1, -0.05) is 12.2 Å². The maximum atomic E-state index is 11.7. The summed E-state index contributed by atoms with van der Waals surface area (Å²) < 4.78 is 4.79. The van der Waals surface area contributed by atoms with Crippen molar-refractivity contribution in [1.29, 1.82) is 0 Å². The van der Waals surface area contributed by atoms with Crippen LogP contribution in [0.4, 0.5) is 0 Å². The van der Waals surface area contributed by atoms with E-state index in [0.29, 0.717) is 17.2 Å². The first-order valence-electron chi connectivity index (χ1n) is 7.21. The van der Waals surface area contributed by atoms with Crippen LogP contribution >= 0.6 is 0 Å². The molecule has 0 aromatic heterocycles. The summed E-state index contributed by atoms with van der Waals surface area (Å²) >= 11 is 0. The molecule has 2 heterocycles. The van der Waals surface area contributed by atoms with Gasteiger partial charge < -0.3 is 10.5 Å². The van der Waals surface area contributed by atoms with E-state index in [1.807, 2.05) is 12.2 Å². The van der Waals surface area contributed by atoms with Gasteiger partial charge >= 0.3 is 5.97 Å². The molecular weight excluding hydrogens is 240 g/mol. The second-order valence-corrected chi connectivity index (χ2v) is 5.89. The molecule has 2 aliphatic heterocycles. The van der Waals surface area contributed by atoms with Crippen LogP contribution in [0.3, 0.4) is 0 Å².